The molecule has 2 N–H and O–H groups in total. The molecule has 0 spiro atoms. The van der Waals surface area contributed by atoms with Crippen LogP contribution in [0.2, 0.25) is 0 Å². The van der Waals surface area contributed by atoms with E-state index in [2.05, 4.69) is 25.3 Å². The smallest absolute Gasteiger partial charge is 0.404 e. The molecule has 1 heterocycles. The van der Waals surface area contributed by atoms with Gasteiger partial charge in [-0.05, 0) is 26.2 Å². The number of hydrogen-bond acceptors (Lipinski definition) is 6. The van der Waals surface area contributed by atoms with Crippen molar-refractivity contribution in [3.8, 4) is 17.0 Å². The SMILES string of the molecule is CN(C)CCNc1nc(Nc2ccccc2OC(F)(F)F)cc(-c2ccccc2)n1. The van der Waals surface area contributed by atoms with Gasteiger partial charge in [0.05, 0.1) is 11.4 Å². The Balaban J connectivity index is 1.92. The minimum absolute atomic E-state index is 0.145. The fraction of sp³-hybridized carbons (Fsp3) is 0.238. The Morgan fingerprint density at radius 2 is 1.67 bits per heavy atom. The first-order valence-electron chi connectivity index (χ1n) is 9.25. The van der Waals surface area contributed by atoms with Crippen molar-refractivity contribution in [1.82, 2.24) is 14.9 Å². The summed E-state index contributed by atoms with van der Waals surface area (Å²) in [6.07, 6.45) is -4.79. The highest BCUT2D eigenvalue weighted by Gasteiger charge is 2.32. The van der Waals surface area contributed by atoms with Crippen molar-refractivity contribution < 1.29 is 17.9 Å². The van der Waals surface area contributed by atoms with Gasteiger partial charge in [0.15, 0.2) is 5.75 Å². The van der Waals surface area contributed by atoms with Crippen LogP contribution in [0.3, 0.4) is 0 Å². The molecule has 0 aliphatic carbocycles. The Morgan fingerprint density at radius 1 is 0.967 bits per heavy atom. The summed E-state index contributed by atoms with van der Waals surface area (Å²) in [7, 11) is 3.90. The maximum absolute atomic E-state index is 12.7. The zero-order valence-corrected chi connectivity index (χ0v) is 16.6. The van der Waals surface area contributed by atoms with Gasteiger partial charge in [-0.2, -0.15) is 4.98 Å². The van der Waals surface area contributed by atoms with Crippen LogP contribution in [0.15, 0.2) is 60.7 Å². The van der Waals surface area contributed by atoms with Crippen LogP contribution in [-0.2, 0) is 0 Å². The molecule has 0 saturated carbocycles. The maximum Gasteiger partial charge on any atom is 0.573 e. The van der Waals surface area contributed by atoms with E-state index in [9.17, 15) is 13.2 Å². The van der Waals surface area contributed by atoms with Crippen molar-refractivity contribution in [3.05, 3.63) is 60.7 Å². The molecule has 30 heavy (non-hydrogen) atoms. The van der Waals surface area contributed by atoms with E-state index in [0.29, 0.717) is 24.0 Å². The summed E-state index contributed by atoms with van der Waals surface area (Å²) in [5.41, 5.74) is 1.64. The number of nitrogens with one attached hydrogen (secondary N) is 2. The monoisotopic (exact) mass is 417 g/mol. The molecule has 6 nitrogen and oxygen atoms in total. The third-order valence-corrected chi connectivity index (χ3v) is 4.01. The molecular formula is C21H22F3N5O. The van der Waals surface area contributed by atoms with Crippen molar-refractivity contribution in [1.29, 1.82) is 0 Å². The standard InChI is InChI=1S/C21H22F3N5O/c1-29(2)13-12-25-20-27-17(15-8-4-3-5-9-15)14-19(28-20)26-16-10-6-7-11-18(16)30-21(22,23)24/h3-11,14H,12-13H2,1-2H3,(H2,25,26,27,28). The van der Waals surface area contributed by atoms with E-state index in [4.69, 9.17) is 0 Å². The summed E-state index contributed by atoms with van der Waals surface area (Å²) < 4.78 is 42.3. The Hall–Kier alpha value is -3.33. The lowest BCUT2D eigenvalue weighted by Crippen LogP contribution is -2.21. The van der Waals surface area contributed by atoms with Gasteiger partial charge in [0.1, 0.15) is 5.82 Å². The Morgan fingerprint density at radius 3 is 2.37 bits per heavy atom. The van der Waals surface area contributed by atoms with E-state index in [1.807, 2.05) is 49.3 Å². The number of rotatable bonds is 8. The third-order valence-electron chi connectivity index (χ3n) is 4.01. The van der Waals surface area contributed by atoms with Gasteiger partial charge >= 0.3 is 6.36 Å². The predicted octanol–water partition coefficient (Wildman–Crippen LogP) is 4.76. The topological polar surface area (TPSA) is 62.3 Å². The molecule has 0 radical (unpaired) electrons. The number of benzene rings is 2. The van der Waals surface area contributed by atoms with Crippen LogP contribution in [-0.4, -0.2) is 48.4 Å². The van der Waals surface area contributed by atoms with Gasteiger partial charge in [-0.1, -0.05) is 42.5 Å². The van der Waals surface area contributed by atoms with Crippen molar-refractivity contribution in [2.75, 3.05) is 37.8 Å². The second kappa shape index (κ2) is 9.45. The molecule has 2 aromatic carbocycles. The molecule has 9 heteroatoms. The number of alkyl halides is 3. The lowest BCUT2D eigenvalue weighted by atomic mass is 10.1. The molecule has 3 rings (SSSR count). The van der Waals surface area contributed by atoms with E-state index >= 15 is 0 Å². The molecule has 0 fully saturated rings. The van der Waals surface area contributed by atoms with Gasteiger partial charge in [-0.15, -0.1) is 13.2 Å². The average molecular weight is 417 g/mol. The first kappa shape index (κ1) is 21.4. The summed E-state index contributed by atoms with van der Waals surface area (Å²) in [6, 6.07) is 17.0. The van der Waals surface area contributed by atoms with E-state index < -0.39 is 6.36 Å². The number of hydrogen-bond donors (Lipinski definition) is 2. The first-order valence-corrected chi connectivity index (χ1v) is 9.25. The van der Waals surface area contributed by atoms with E-state index in [1.54, 1.807) is 12.1 Å². The molecule has 1 aromatic heterocycles. The minimum atomic E-state index is -4.79. The van der Waals surface area contributed by atoms with Gasteiger partial charge in [0.2, 0.25) is 5.95 Å². The highest BCUT2D eigenvalue weighted by atomic mass is 19.4. The normalized spacial score (nSPS) is 11.4. The second-order valence-electron chi connectivity index (χ2n) is 6.73. The van der Waals surface area contributed by atoms with Gasteiger partial charge in [0.25, 0.3) is 0 Å². The van der Waals surface area contributed by atoms with Gasteiger partial charge in [-0.25, -0.2) is 4.98 Å². The van der Waals surface area contributed by atoms with Crippen LogP contribution < -0.4 is 15.4 Å². The number of aromatic nitrogens is 2. The number of anilines is 3. The number of halogens is 3. The minimum Gasteiger partial charge on any atom is -0.404 e. The second-order valence-corrected chi connectivity index (χ2v) is 6.73. The fourth-order valence-electron chi connectivity index (χ4n) is 2.66. The Labute approximate surface area is 172 Å². The van der Waals surface area contributed by atoms with Gasteiger partial charge in [-0.3, -0.25) is 0 Å². The zero-order chi connectivity index (χ0) is 21.6. The summed E-state index contributed by atoms with van der Waals surface area (Å²) in [4.78, 5) is 10.9. The first-order chi connectivity index (χ1) is 14.3. The fourth-order valence-corrected chi connectivity index (χ4v) is 2.66. The van der Waals surface area contributed by atoms with E-state index in [1.165, 1.54) is 18.2 Å². The summed E-state index contributed by atoms with van der Waals surface area (Å²) >= 11 is 0. The van der Waals surface area contributed by atoms with Crippen LogP contribution >= 0.6 is 0 Å². The van der Waals surface area contributed by atoms with Crippen molar-refractivity contribution in [2.45, 2.75) is 6.36 Å². The van der Waals surface area contributed by atoms with Crippen LogP contribution in [0.5, 0.6) is 5.75 Å². The summed E-state index contributed by atoms with van der Waals surface area (Å²) in [6.45, 7) is 1.38. The summed E-state index contributed by atoms with van der Waals surface area (Å²) in [5, 5.41) is 6.07. The van der Waals surface area contributed by atoms with Gasteiger partial charge in [0, 0.05) is 24.7 Å². The lowest BCUT2D eigenvalue weighted by molar-refractivity contribution is -0.274. The average Bonchev–Trinajstić information content (AvgIpc) is 2.69. The molecule has 0 aliphatic heterocycles. The van der Waals surface area contributed by atoms with Crippen LogP contribution in [0.25, 0.3) is 11.3 Å². The van der Waals surface area contributed by atoms with E-state index in [0.717, 1.165) is 12.1 Å². The number of ether oxygens (including phenoxy) is 1. The quantitative estimate of drug-likeness (QED) is 0.551. The molecule has 0 unspecified atom stereocenters. The van der Waals surface area contributed by atoms with Crippen molar-refractivity contribution in [2.24, 2.45) is 0 Å². The van der Waals surface area contributed by atoms with Crippen molar-refractivity contribution in [3.63, 3.8) is 0 Å². The molecule has 0 atom stereocenters. The number of para-hydroxylation sites is 2. The summed E-state index contributed by atoms with van der Waals surface area (Å²) in [5.74, 6) is 0.372. The highest BCUT2D eigenvalue weighted by molar-refractivity contribution is 5.69. The van der Waals surface area contributed by atoms with Crippen LogP contribution in [0.1, 0.15) is 0 Å². The van der Waals surface area contributed by atoms with Crippen LogP contribution in [0, 0.1) is 0 Å². The molecule has 0 aliphatic rings. The molecule has 0 saturated heterocycles. The molecule has 0 bridgehead atoms. The van der Waals surface area contributed by atoms with Crippen molar-refractivity contribution >= 4 is 17.5 Å². The lowest BCUT2D eigenvalue weighted by Gasteiger charge is -2.16. The third kappa shape index (κ3) is 6.35. The number of nitrogens with zero attached hydrogens (tertiary/aromatic N) is 3. The van der Waals surface area contributed by atoms with Gasteiger partial charge < -0.3 is 20.3 Å². The molecule has 0 amide bonds. The molecular weight excluding hydrogens is 395 g/mol. The maximum atomic E-state index is 12.7. The molecule has 3 aromatic rings. The largest absolute Gasteiger partial charge is 0.573 e. The predicted molar refractivity (Wildman–Crippen MR) is 111 cm³/mol. The molecule has 158 valence electrons. The Bertz CT molecular complexity index is 964. The van der Waals surface area contributed by atoms with Crippen LogP contribution in [0.4, 0.5) is 30.6 Å². The zero-order valence-electron chi connectivity index (χ0n) is 16.6. The highest BCUT2D eigenvalue weighted by Crippen LogP contribution is 2.32. The number of likely N-dealkylation sites (N-methyl/N-ethyl adjacent to an activating group) is 1. The Kier molecular flexibility index (Phi) is 6.73. The van der Waals surface area contributed by atoms with E-state index in [-0.39, 0.29) is 11.4 Å².